The SMILES string of the molecule is OCC1(CNC2(c3ccccc3)CCCCC2)COC1. The quantitative estimate of drug-likeness (QED) is 0.867. The van der Waals surface area contributed by atoms with Crippen molar-refractivity contribution in [2.24, 2.45) is 5.41 Å². The van der Waals surface area contributed by atoms with E-state index in [2.05, 4.69) is 35.6 Å². The maximum absolute atomic E-state index is 9.60. The number of rotatable bonds is 5. The van der Waals surface area contributed by atoms with Crippen LogP contribution in [0.2, 0.25) is 0 Å². The van der Waals surface area contributed by atoms with E-state index in [0.717, 1.165) is 6.54 Å². The highest BCUT2D eigenvalue weighted by Gasteiger charge is 2.41. The van der Waals surface area contributed by atoms with Crippen LogP contribution in [0.3, 0.4) is 0 Å². The maximum Gasteiger partial charge on any atom is 0.0579 e. The molecule has 20 heavy (non-hydrogen) atoms. The van der Waals surface area contributed by atoms with Crippen LogP contribution in [-0.4, -0.2) is 31.5 Å². The molecule has 0 unspecified atom stereocenters. The molecule has 1 aromatic carbocycles. The Bertz CT molecular complexity index is 416. The van der Waals surface area contributed by atoms with Crippen molar-refractivity contribution in [3.8, 4) is 0 Å². The van der Waals surface area contributed by atoms with Crippen LogP contribution in [-0.2, 0) is 10.3 Å². The van der Waals surface area contributed by atoms with Gasteiger partial charge in [0.05, 0.1) is 25.2 Å². The minimum Gasteiger partial charge on any atom is -0.396 e. The van der Waals surface area contributed by atoms with Gasteiger partial charge in [-0.15, -0.1) is 0 Å². The molecular formula is C17H25NO2. The Morgan fingerprint density at radius 3 is 2.30 bits per heavy atom. The van der Waals surface area contributed by atoms with Crippen molar-refractivity contribution in [1.29, 1.82) is 0 Å². The van der Waals surface area contributed by atoms with Crippen molar-refractivity contribution in [2.75, 3.05) is 26.4 Å². The number of aliphatic hydroxyl groups excluding tert-OH is 1. The Balaban J connectivity index is 1.76. The van der Waals surface area contributed by atoms with E-state index in [0.29, 0.717) is 13.2 Å². The van der Waals surface area contributed by atoms with Gasteiger partial charge in [-0.05, 0) is 18.4 Å². The van der Waals surface area contributed by atoms with E-state index in [1.165, 1.54) is 37.7 Å². The summed E-state index contributed by atoms with van der Waals surface area (Å²) in [5, 5.41) is 13.4. The molecule has 0 spiro atoms. The first-order valence-corrected chi connectivity index (χ1v) is 7.78. The molecule has 1 aliphatic heterocycles. The maximum atomic E-state index is 9.60. The van der Waals surface area contributed by atoms with Gasteiger partial charge < -0.3 is 15.2 Å². The number of aliphatic hydroxyl groups is 1. The van der Waals surface area contributed by atoms with E-state index in [-0.39, 0.29) is 17.6 Å². The van der Waals surface area contributed by atoms with Gasteiger partial charge in [-0.1, -0.05) is 49.6 Å². The second-order valence-electron chi connectivity index (χ2n) is 6.51. The van der Waals surface area contributed by atoms with Gasteiger partial charge in [0.25, 0.3) is 0 Å². The Morgan fingerprint density at radius 1 is 1.05 bits per heavy atom. The van der Waals surface area contributed by atoms with E-state index in [1.807, 2.05) is 0 Å². The predicted octanol–water partition coefficient (Wildman–Crippen LogP) is 2.44. The van der Waals surface area contributed by atoms with Crippen LogP contribution in [0.15, 0.2) is 30.3 Å². The normalized spacial score (nSPS) is 24.1. The molecule has 1 aliphatic carbocycles. The fraction of sp³-hybridized carbons (Fsp3) is 0.647. The Kier molecular flexibility index (Phi) is 4.11. The molecule has 0 atom stereocenters. The summed E-state index contributed by atoms with van der Waals surface area (Å²) in [6.45, 7) is 2.42. The molecule has 0 radical (unpaired) electrons. The monoisotopic (exact) mass is 275 g/mol. The second-order valence-corrected chi connectivity index (χ2v) is 6.51. The summed E-state index contributed by atoms with van der Waals surface area (Å²) in [6, 6.07) is 10.8. The molecule has 0 bridgehead atoms. The van der Waals surface area contributed by atoms with Gasteiger partial charge in [0.2, 0.25) is 0 Å². The van der Waals surface area contributed by atoms with Crippen molar-refractivity contribution in [3.63, 3.8) is 0 Å². The highest BCUT2D eigenvalue weighted by atomic mass is 16.5. The summed E-state index contributed by atoms with van der Waals surface area (Å²) in [5.74, 6) is 0. The van der Waals surface area contributed by atoms with Crippen molar-refractivity contribution in [1.82, 2.24) is 5.32 Å². The molecule has 2 aliphatic rings. The van der Waals surface area contributed by atoms with Gasteiger partial charge in [0, 0.05) is 12.1 Å². The standard InChI is InChI=1S/C17H25NO2/c19-12-16(13-20-14-16)11-18-17(9-5-2-6-10-17)15-7-3-1-4-8-15/h1,3-4,7-8,18-19H,2,5-6,9-14H2. The third kappa shape index (κ3) is 2.62. The first kappa shape index (κ1) is 14.1. The van der Waals surface area contributed by atoms with Crippen LogP contribution in [0, 0.1) is 5.41 Å². The summed E-state index contributed by atoms with van der Waals surface area (Å²) in [6.07, 6.45) is 6.29. The molecule has 1 aromatic rings. The minimum atomic E-state index is -0.0563. The Labute approximate surface area is 121 Å². The lowest BCUT2D eigenvalue weighted by molar-refractivity contribution is -0.137. The molecular weight excluding hydrogens is 250 g/mol. The lowest BCUT2D eigenvalue weighted by atomic mass is 9.75. The van der Waals surface area contributed by atoms with Crippen molar-refractivity contribution < 1.29 is 9.84 Å². The van der Waals surface area contributed by atoms with E-state index in [9.17, 15) is 5.11 Å². The Hall–Kier alpha value is -0.900. The molecule has 0 aromatic heterocycles. The van der Waals surface area contributed by atoms with E-state index >= 15 is 0 Å². The highest BCUT2D eigenvalue weighted by molar-refractivity contribution is 5.25. The fourth-order valence-corrected chi connectivity index (χ4v) is 3.48. The minimum absolute atomic E-state index is 0.0563. The van der Waals surface area contributed by atoms with Crippen LogP contribution < -0.4 is 5.32 Å². The summed E-state index contributed by atoms with van der Waals surface area (Å²) < 4.78 is 5.31. The fourth-order valence-electron chi connectivity index (χ4n) is 3.48. The number of benzene rings is 1. The number of hydrogen-bond acceptors (Lipinski definition) is 3. The van der Waals surface area contributed by atoms with E-state index < -0.39 is 0 Å². The molecule has 1 saturated heterocycles. The summed E-state index contributed by atoms with van der Waals surface area (Å²) in [4.78, 5) is 0. The first-order chi connectivity index (χ1) is 9.79. The zero-order valence-corrected chi connectivity index (χ0v) is 12.1. The summed E-state index contributed by atoms with van der Waals surface area (Å²) >= 11 is 0. The lowest BCUT2D eigenvalue weighted by Crippen LogP contribution is -2.56. The van der Waals surface area contributed by atoms with Gasteiger partial charge in [0.15, 0.2) is 0 Å². The van der Waals surface area contributed by atoms with E-state index in [4.69, 9.17) is 4.74 Å². The Morgan fingerprint density at radius 2 is 1.75 bits per heavy atom. The predicted molar refractivity (Wildman–Crippen MR) is 79.5 cm³/mol. The molecule has 0 amide bonds. The third-order valence-electron chi connectivity index (χ3n) is 4.99. The van der Waals surface area contributed by atoms with Crippen molar-refractivity contribution in [3.05, 3.63) is 35.9 Å². The van der Waals surface area contributed by atoms with Gasteiger partial charge in [0.1, 0.15) is 0 Å². The highest BCUT2D eigenvalue weighted by Crippen LogP contribution is 2.38. The topological polar surface area (TPSA) is 41.5 Å². The van der Waals surface area contributed by atoms with Gasteiger partial charge in [-0.3, -0.25) is 0 Å². The zero-order chi connectivity index (χ0) is 13.9. The second kappa shape index (κ2) is 5.84. The molecule has 1 saturated carbocycles. The van der Waals surface area contributed by atoms with Gasteiger partial charge in [-0.2, -0.15) is 0 Å². The average Bonchev–Trinajstić information content (AvgIpc) is 2.48. The molecule has 3 rings (SSSR count). The third-order valence-corrected chi connectivity index (χ3v) is 4.99. The van der Waals surface area contributed by atoms with Gasteiger partial charge >= 0.3 is 0 Å². The average molecular weight is 275 g/mol. The molecule has 2 fully saturated rings. The molecule has 3 heteroatoms. The molecule has 110 valence electrons. The summed E-state index contributed by atoms with van der Waals surface area (Å²) in [7, 11) is 0. The van der Waals surface area contributed by atoms with Crippen LogP contribution in [0.4, 0.5) is 0 Å². The number of hydrogen-bond donors (Lipinski definition) is 2. The van der Waals surface area contributed by atoms with Crippen molar-refractivity contribution in [2.45, 2.75) is 37.6 Å². The molecule has 3 nitrogen and oxygen atoms in total. The summed E-state index contributed by atoms with van der Waals surface area (Å²) in [5.41, 5.74) is 1.43. The van der Waals surface area contributed by atoms with Crippen LogP contribution in [0.1, 0.15) is 37.7 Å². The lowest BCUT2D eigenvalue weighted by Gasteiger charge is -2.45. The van der Waals surface area contributed by atoms with Crippen LogP contribution >= 0.6 is 0 Å². The van der Waals surface area contributed by atoms with Crippen molar-refractivity contribution >= 4 is 0 Å². The van der Waals surface area contributed by atoms with Crippen LogP contribution in [0.5, 0.6) is 0 Å². The molecule has 1 heterocycles. The smallest absolute Gasteiger partial charge is 0.0579 e. The van der Waals surface area contributed by atoms with Crippen LogP contribution in [0.25, 0.3) is 0 Å². The number of ether oxygens (including phenoxy) is 1. The largest absolute Gasteiger partial charge is 0.396 e. The first-order valence-electron chi connectivity index (χ1n) is 7.78. The molecule has 2 N–H and O–H groups in total. The zero-order valence-electron chi connectivity index (χ0n) is 12.1. The number of nitrogens with one attached hydrogen (secondary N) is 1. The van der Waals surface area contributed by atoms with E-state index in [1.54, 1.807) is 0 Å². The van der Waals surface area contributed by atoms with Gasteiger partial charge in [-0.25, -0.2) is 0 Å².